The van der Waals surface area contributed by atoms with Crippen LogP contribution in [0.4, 0.5) is 11.4 Å². The highest BCUT2D eigenvalue weighted by molar-refractivity contribution is 5.98. The molecule has 1 aromatic carbocycles. The molecular weight excluding hydrogens is 208 g/mol. The highest BCUT2D eigenvalue weighted by Crippen LogP contribution is 2.34. The molecule has 1 aliphatic heterocycles. The van der Waals surface area contributed by atoms with Crippen LogP contribution in [0.5, 0.6) is 0 Å². The minimum Gasteiger partial charge on any atom is -0.306 e. The average Bonchev–Trinajstić information content (AvgIpc) is 2.64. The molecule has 0 spiro atoms. The lowest BCUT2D eigenvalue weighted by molar-refractivity contribution is -0.384. The van der Waals surface area contributed by atoms with Crippen LogP contribution in [0.1, 0.15) is 18.4 Å². The van der Waals surface area contributed by atoms with Crippen LogP contribution >= 0.6 is 0 Å². The fourth-order valence-electron chi connectivity index (χ4n) is 2.03. The Labute approximate surface area is 92.8 Å². The number of nitro benzene ring substituents is 1. The third kappa shape index (κ3) is 1.64. The maximum absolute atomic E-state index is 11.6. The van der Waals surface area contributed by atoms with Crippen LogP contribution in [-0.2, 0) is 4.79 Å². The second-order valence-corrected chi connectivity index (χ2v) is 3.85. The molecule has 0 atom stereocenters. The first kappa shape index (κ1) is 10.6. The molecule has 16 heavy (non-hydrogen) atoms. The Kier molecular flexibility index (Phi) is 2.60. The average molecular weight is 220 g/mol. The van der Waals surface area contributed by atoms with Crippen LogP contribution in [0, 0.1) is 17.0 Å². The van der Waals surface area contributed by atoms with E-state index in [-0.39, 0.29) is 11.6 Å². The number of rotatable bonds is 2. The van der Waals surface area contributed by atoms with Gasteiger partial charge in [-0.15, -0.1) is 0 Å². The Morgan fingerprint density at radius 1 is 1.44 bits per heavy atom. The van der Waals surface area contributed by atoms with Gasteiger partial charge in [-0.05, 0) is 18.9 Å². The number of hydrogen-bond donors (Lipinski definition) is 0. The molecule has 0 saturated carbocycles. The van der Waals surface area contributed by atoms with Crippen molar-refractivity contribution in [2.45, 2.75) is 19.8 Å². The molecular formula is C11H12N2O3. The zero-order chi connectivity index (χ0) is 11.7. The van der Waals surface area contributed by atoms with Crippen molar-refractivity contribution < 1.29 is 9.72 Å². The first-order valence-corrected chi connectivity index (χ1v) is 5.15. The number of amides is 1. The van der Waals surface area contributed by atoms with E-state index in [1.807, 2.05) is 0 Å². The van der Waals surface area contributed by atoms with Crippen LogP contribution < -0.4 is 4.90 Å². The van der Waals surface area contributed by atoms with Crippen LogP contribution in [0.2, 0.25) is 0 Å². The van der Waals surface area contributed by atoms with Gasteiger partial charge in [-0.3, -0.25) is 14.9 Å². The van der Waals surface area contributed by atoms with E-state index < -0.39 is 4.92 Å². The molecule has 0 aliphatic carbocycles. The third-order valence-electron chi connectivity index (χ3n) is 2.76. The molecule has 1 saturated heterocycles. The van der Waals surface area contributed by atoms with Crippen molar-refractivity contribution >= 4 is 17.3 Å². The first-order valence-electron chi connectivity index (χ1n) is 5.15. The van der Waals surface area contributed by atoms with Crippen molar-refractivity contribution in [2.75, 3.05) is 11.4 Å². The van der Waals surface area contributed by atoms with E-state index >= 15 is 0 Å². The Balaban J connectivity index is 2.53. The maximum Gasteiger partial charge on any atom is 0.293 e. The van der Waals surface area contributed by atoms with E-state index in [9.17, 15) is 14.9 Å². The summed E-state index contributed by atoms with van der Waals surface area (Å²) in [6.07, 6.45) is 1.25. The lowest BCUT2D eigenvalue weighted by Gasteiger charge is -2.17. The van der Waals surface area contributed by atoms with Gasteiger partial charge in [-0.25, -0.2) is 0 Å². The zero-order valence-electron chi connectivity index (χ0n) is 8.97. The molecule has 0 radical (unpaired) electrons. The summed E-state index contributed by atoms with van der Waals surface area (Å²) in [7, 11) is 0. The van der Waals surface area contributed by atoms with Gasteiger partial charge in [0, 0.05) is 19.0 Å². The Morgan fingerprint density at radius 3 is 2.75 bits per heavy atom. The zero-order valence-corrected chi connectivity index (χ0v) is 8.97. The predicted molar refractivity (Wildman–Crippen MR) is 59.4 cm³/mol. The summed E-state index contributed by atoms with van der Waals surface area (Å²) in [5.74, 6) is -0.0302. The van der Waals surface area contributed by atoms with Gasteiger partial charge in [0.05, 0.1) is 4.92 Å². The lowest BCUT2D eigenvalue weighted by atomic mass is 10.1. The largest absolute Gasteiger partial charge is 0.306 e. The van der Waals surface area contributed by atoms with E-state index in [2.05, 4.69) is 0 Å². The molecule has 2 rings (SSSR count). The van der Waals surface area contributed by atoms with Gasteiger partial charge in [-0.2, -0.15) is 0 Å². The number of hydrogen-bond acceptors (Lipinski definition) is 3. The summed E-state index contributed by atoms with van der Waals surface area (Å²) in [5, 5.41) is 10.9. The van der Waals surface area contributed by atoms with E-state index in [1.165, 1.54) is 11.0 Å². The summed E-state index contributed by atoms with van der Waals surface area (Å²) < 4.78 is 0. The second-order valence-electron chi connectivity index (χ2n) is 3.85. The summed E-state index contributed by atoms with van der Waals surface area (Å²) in [5.41, 5.74) is 1.23. The molecule has 1 aliphatic rings. The van der Waals surface area contributed by atoms with E-state index in [0.717, 1.165) is 12.0 Å². The van der Waals surface area contributed by atoms with E-state index in [4.69, 9.17) is 0 Å². The standard InChI is InChI=1S/C11H12N2O3/c1-8-4-2-5-9(13(15)16)11(8)12-7-3-6-10(12)14/h2,4-5H,3,6-7H2,1H3. The fourth-order valence-corrected chi connectivity index (χ4v) is 2.03. The summed E-state index contributed by atoms with van der Waals surface area (Å²) in [6, 6.07) is 4.86. The molecule has 84 valence electrons. The minimum atomic E-state index is -0.437. The number of para-hydroxylation sites is 1. The molecule has 0 bridgehead atoms. The molecule has 1 amide bonds. The summed E-state index contributed by atoms with van der Waals surface area (Å²) >= 11 is 0. The molecule has 5 nitrogen and oxygen atoms in total. The highest BCUT2D eigenvalue weighted by atomic mass is 16.6. The van der Waals surface area contributed by atoms with Gasteiger partial charge < -0.3 is 4.90 Å². The Hall–Kier alpha value is -1.91. The Bertz CT molecular complexity index is 457. The molecule has 0 aromatic heterocycles. The van der Waals surface area contributed by atoms with Crippen molar-refractivity contribution in [3.05, 3.63) is 33.9 Å². The van der Waals surface area contributed by atoms with Gasteiger partial charge in [0.1, 0.15) is 5.69 Å². The smallest absolute Gasteiger partial charge is 0.293 e. The van der Waals surface area contributed by atoms with Gasteiger partial charge in [0.15, 0.2) is 0 Å². The lowest BCUT2D eigenvalue weighted by Crippen LogP contribution is -2.25. The Morgan fingerprint density at radius 2 is 2.19 bits per heavy atom. The minimum absolute atomic E-state index is 0.00949. The summed E-state index contributed by atoms with van der Waals surface area (Å²) in [6.45, 7) is 2.36. The molecule has 0 N–H and O–H groups in total. The van der Waals surface area contributed by atoms with Gasteiger partial charge in [-0.1, -0.05) is 12.1 Å². The maximum atomic E-state index is 11.6. The van der Waals surface area contributed by atoms with Gasteiger partial charge >= 0.3 is 0 Å². The topological polar surface area (TPSA) is 63.5 Å². The number of carbonyl (C=O) groups is 1. The van der Waals surface area contributed by atoms with Crippen molar-refractivity contribution in [1.82, 2.24) is 0 Å². The van der Waals surface area contributed by atoms with Crippen LogP contribution in [0.15, 0.2) is 18.2 Å². The number of benzene rings is 1. The quantitative estimate of drug-likeness (QED) is 0.565. The second kappa shape index (κ2) is 3.92. The number of anilines is 1. The molecule has 5 heteroatoms. The number of carbonyl (C=O) groups excluding carboxylic acids is 1. The predicted octanol–water partition coefficient (Wildman–Crippen LogP) is 2.03. The van der Waals surface area contributed by atoms with Crippen molar-refractivity contribution in [3.8, 4) is 0 Å². The third-order valence-corrected chi connectivity index (χ3v) is 2.76. The van der Waals surface area contributed by atoms with E-state index in [0.29, 0.717) is 18.7 Å². The van der Waals surface area contributed by atoms with Crippen molar-refractivity contribution in [2.24, 2.45) is 0 Å². The van der Waals surface area contributed by atoms with Gasteiger partial charge in [0.25, 0.3) is 5.69 Å². The molecule has 1 heterocycles. The van der Waals surface area contributed by atoms with Crippen LogP contribution in [0.3, 0.4) is 0 Å². The highest BCUT2D eigenvalue weighted by Gasteiger charge is 2.29. The summed E-state index contributed by atoms with van der Waals surface area (Å²) in [4.78, 5) is 23.6. The number of nitro groups is 1. The normalized spacial score (nSPS) is 15.6. The monoisotopic (exact) mass is 220 g/mol. The number of aryl methyl sites for hydroxylation is 1. The first-order chi connectivity index (χ1) is 7.61. The van der Waals surface area contributed by atoms with Crippen LogP contribution in [0.25, 0.3) is 0 Å². The number of nitrogens with zero attached hydrogens (tertiary/aromatic N) is 2. The van der Waals surface area contributed by atoms with Crippen LogP contribution in [-0.4, -0.2) is 17.4 Å². The molecule has 1 fully saturated rings. The van der Waals surface area contributed by atoms with Crippen molar-refractivity contribution in [1.29, 1.82) is 0 Å². The van der Waals surface area contributed by atoms with E-state index in [1.54, 1.807) is 19.1 Å². The molecule has 0 unspecified atom stereocenters. The SMILES string of the molecule is Cc1cccc([N+](=O)[O-])c1N1CCCC1=O. The fraction of sp³-hybridized carbons (Fsp3) is 0.364. The van der Waals surface area contributed by atoms with Crippen molar-refractivity contribution in [3.63, 3.8) is 0 Å². The molecule has 1 aromatic rings. The van der Waals surface area contributed by atoms with Gasteiger partial charge in [0.2, 0.25) is 5.91 Å².